The molecule has 0 radical (unpaired) electrons. The number of benzene rings is 1. The maximum absolute atomic E-state index is 12.1. The first kappa shape index (κ1) is 18.0. The fourth-order valence-electron chi connectivity index (χ4n) is 2.25. The van der Waals surface area contributed by atoms with E-state index in [0.29, 0.717) is 25.2 Å². The van der Waals surface area contributed by atoms with E-state index in [-0.39, 0.29) is 5.91 Å². The molecule has 1 atom stereocenters. The maximum atomic E-state index is 12.1. The second-order valence-corrected chi connectivity index (χ2v) is 5.58. The molecule has 0 saturated heterocycles. The highest BCUT2D eigenvalue weighted by Gasteiger charge is 2.22. The zero-order valence-corrected chi connectivity index (χ0v) is 13.7. The van der Waals surface area contributed by atoms with Crippen molar-refractivity contribution in [1.82, 2.24) is 5.32 Å². The molecule has 0 aliphatic carbocycles. The zero-order valence-electron chi connectivity index (χ0n) is 13.7. The Morgan fingerprint density at radius 3 is 2.45 bits per heavy atom. The third kappa shape index (κ3) is 5.76. The van der Waals surface area contributed by atoms with Crippen molar-refractivity contribution in [3.05, 3.63) is 29.8 Å². The van der Waals surface area contributed by atoms with Gasteiger partial charge in [-0.2, -0.15) is 0 Å². The summed E-state index contributed by atoms with van der Waals surface area (Å²) in [5, 5.41) is 2.75. The largest absolute Gasteiger partial charge is 0.496 e. The van der Waals surface area contributed by atoms with Gasteiger partial charge in [0.2, 0.25) is 5.91 Å². The summed E-state index contributed by atoms with van der Waals surface area (Å²) in [6, 6.07) is 7.00. The Kier molecular flexibility index (Phi) is 7.43. The lowest BCUT2D eigenvalue weighted by molar-refractivity contribution is -0.145. The topological polar surface area (TPSA) is 64.6 Å². The minimum Gasteiger partial charge on any atom is -0.496 e. The summed E-state index contributed by atoms with van der Waals surface area (Å²) in [4.78, 5) is 23.8. The Hall–Kier alpha value is -2.04. The summed E-state index contributed by atoms with van der Waals surface area (Å²) in [6.45, 7) is 3.99. The Bertz CT molecular complexity index is 499. The first-order valence-corrected chi connectivity index (χ1v) is 7.47. The number of para-hydroxylation sites is 1. The van der Waals surface area contributed by atoms with E-state index in [4.69, 9.17) is 9.47 Å². The molecule has 1 amide bonds. The number of aryl methyl sites for hydroxylation is 1. The predicted octanol–water partition coefficient (Wildman–Crippen LogP) is 2.33. The van der Waals surface area contributed by atoms with Crippen LogP contribution in [0.4, 0.5) is 0 Å². The molecular weight excluding hydrogens is 282 g/mol. The summed E-state index contributed by atoms with van der Waals surface area (Å²) < 4.78 is 10.0. The molecule has 5 heteroatoms. The molecule has 0 aliphatic rings. The van der Waals surface area contributed by atoms with Crippen LogP contribution in [0.1, 0.15) is 32.3 Å². The van der Waals surface area contributed by atoms with Crippen molar-refractivity contribution < 1.29 is 19.1 Å². The number of ether oxygens (including phenoxy) is 2. The summed E-state index contributed by atoms with van der Waals surface area (Å²) in [5.41, 5.74) is 0.971. The van der Waals surface area contributed by atoms with Crippen LogP contribution >= 0.6 is 0 Å². The van der Waals surface area contributed by atoms with Crippen LogP contribution in [0.25, 0.3) is 0 Å². The van der Waals surface area contributed by atoms with Crippen molar-refractivity contribution in [1.29, 1.82) is 0 Å². The highest BCUT2D eigenvalue weighted by atomic mass is 16.5. The highest BCUT2D eigenvalue weighted by molar-refractivity contribution is 5.84. The summed E-state index contributed by atoms with van der Waals surface area (Å²) in [6.07, 6.45) is 1.42. The molecule has 0 bridgehead atoms. The van der Waals surface area contributed by atoms with Crippen LogP contribution in [0.2, 0.25) is 0 Å². The molecule has 1 aromatic carbocycles. The molecule has 0 aromatic heterocycles. The van der Waals surface area contributed by atoms with Crippen molar-refractivity contribution in [3.63, 3.8) is 0 Å². The van der Waals surface area contributed by atoms with Crippen LogP contribution in [0.3, 0.4) is 0 Å². The molecule has 5 nitrogen and oxygen atoms in total. The molecular formula is C17H25NO4. The van der Waals surface area contributed by atoms with Gasteiger partial charge in [-0.05, 0) is 30.4 Å². The average molecular weight is 307 g/mol. The minimum absolute atomic E-state index is 0.165. The molecule has 0 aliphatic heterocycles. The number of esters is 1. The van der Waals surface area contributed by atoms with E-state index < -0.39 is 12.0 Å². The van der Waals surface area contributed by atoms with Crippen LogP contribution in [0, 0.1) is 5.92 Å². The molecule has 122 valence electrons. The monoisotopic (exact) mass is 307 g/mol. The fourth-order valence-corrected chi connectivity index (χ4v) is 2.25. The molecule has 0 fully saturated rings. The van der Waals surface area contributed by atoms with Gasteiger partial charge in [-0.1, -0.05) is 32.0 Å². The van der Waals surface area contributed by atoms with E-state index in [2.05, 4.69) is 5.32 Å². The van der Waals surface area contributed by atoms with E-state index >= 15 is 0 Å². The predicted molar refractivity (Wildman–Crippen MR) is 84.7 cm³/mol. The van der Waals surface area contributed by atoms with E-state index in [1.165, 1.54) is 7.11 Å². The quantitative estimate of drug-likeness (QED) is 0.749. The number of nitrogens with one attached hydrogen (secondary N) is 1. The molecule has 1 rings (SSSR count). The molecule has 0 saturated carbocycles. The standard InChI is InChI=1S/C17H25NO4/c1-12(2)11-14(17(20)22-4)18-16(19)10-9-13-7-5-6-8-15(13)21-3/h5-8,12,14H,9-11H2,1-4H3,(H,18,19). The number of carbonyl (C=O) groups is 2. The van der Waals surface area contributed by atoms with Crippen LogP contribution < -0.4 is 10.1 Å². The molecule has 22 heavy (non-hydrogen) atoms. The van der Waals surface area contributed by atoms with Gasteiger partial charge in [0.05, 0.1) is 14.2 Å². The van der Waals surface area contributed by atoms with Crippen molar-refractivity contribution >= 4 is 11.9 Å². The smallest absolute Gasteiger partial charge is 0.328 e. The fraction of sp³-hybridized carbons (Fsp3) is 0.529. The second kappa shape index (κ2) is 9.07. The van der Waals surface area contributed by atoms with Gasteiger partial charge < -0.3 is 14.8 Å². The molecule has 0 spiro atoms. The maximum Gasteiger partial charge on any atom is 0.328 e. The Balaban J connectivity index is 2.58. The Morgan fingerprint density at radius 1 is 1.18 bits per heavy atom. The van der Waals surface area contributed by atoms with Gasteiger partial charge in [0, 0.05) is 6.42 Å². The van der Waals surface area contributed by atoms with E-state index in [1.807, 2.05) is 38.1 Å². The summed E-state index contributed by atoms with van der Waals surface area (Å²) in [5.74, 6) is 0.488. The van der Waals surface area contributed by atoms with Crippen molar-refractivity contribution in [2.45, 2.75) is 39.2 Å². The van der Waals surface area contributed by atoms with E-state index in [0.717, 1.165) is 11.3 Å². The lowest BCUT2D eigenvalue weighted by Gasteiger charge is -2.18. The van der Waals surface area contributed by atoms with Gasteiger partial charge in [0.1, 0.15) is 11.8 Å². The van der Waals surface area contributed by atoms with Crippen LogP contribution in [-0.4, -0.2) is 32.1 Å². The Morgan fingerprint density at radius 2 is 1.86 bits per heavy atom. The summed E-state index contributed by atoms with van der Waals surface area (Å²) in [7, 11) is 2.94. The summed E-state index contributed by atoms with van der Waals surface area (Å²) >= 11 is 0. The lowest BCUT2D eigenvalue weighted by Crippen LogP contribution is -2.42. The van der Waals surface area contributed by atoms with Gasteiger partial charge in [-0.3, -0.25) is 4.79 Å². The van der Waals surface area contributed by atoms with Gasteiger partial charge in [-0.15, -0.1) is 0 Å². The molecule has 1 unspecified atom stereocenters. The Labute approximate surface area is 132 Å². The first-order chi connectivity index (χ1) is 10.5. The first-order valence-electron chi connectivity index (χ1n) is 7.47. The number of amides is 1. The number of rotatable bonds is 8. The van der Waals surface area contributed by atoms with Crippen LogP contribution in [-0.2, 0) is 20.7 Å². The van der Waals surface area contributed by atoms with Gasteiger partial charge in [0.15, 0.2) is 0 Å². The molecule has 1 N–H and O–H groups in total. The van der Waals surface area contributed by atoms with Crippen LogP contribution in [0.15, 0.2) is 24.3 Å². The van der Waals surface area contributed by atoms with Gasteiger partial charge in [0.25, 0.3) is 0 Å². The SMILES string of the molecule is COC(=O)C(CC(C)C)NC(=O)CCc1ccccc1OC. The third-order valence-electron chi connectivity index (χ3n) is 3.34. The van der Waals surface area contributed by atoms with E-state index in [9.17, 15) is 9.59 Å². The van der Waals surface area contributed by atoms with E-state index in [1.54, 1.807) is 7.11 Å². The van der Waals surface area contributed by atoms with Crippen LogP contribution in [0.5, 0.6) is 5.75 Å². The molecule has 1 aromatic rings. The van der Waals surface area contributed by atoms with Crippen molar-refractivity contribution in [2.75, 3.05) is 14.2 Å². The number of hydrogen-bond donors (Lipinski definition) is 1. The second-order valence-electron chi connectivity index (χ2n) is 5.58. The normalized spacial score (nSPS) is 11.9. The zero-order chi connectivity index (χ0) is 16.5. The minimum atomic E-state index is -0.588. The van der Waals surface area contributed by atoms with Crippen molar-refractivity contribution in [3.8, 4) is 5.75 Å². The molecule has 0 heterocycles. The van der Waals surface area contributed by atoms with Crippen molar-refractivity contribution in [2.24, 2.45) is 5.92 Å². The number of hydrogen-bond acceptors (Lipinski definition) is 4. The number of methoxy groups -OCH3 is 2. The highest BCUT2D eigenvalue weighted by Crippen LogP contribution is 2.18. The average Bonchev–Trinajstić information content (AvgIpc) is 2.51. The lowest BCUT2D eigenvalue weighted by atomic mass is 10.0. The number of carbonyl (C=O) groups excluding carboxylic acids is 2. The van der Waals surface area contributed by atoms with Gasteiger partial charge >= 0.3 is 5.97 Å². The van der Waals surface area contributed by atoms with Gasteiger partial charge in [-0.25, -0.2) is 4.79 Å². The third-order valence-corrected chi connectivity index (χ3v) is 3.34.